The standard InChI is InChI=1S/C18H28N6O6S/c1-9(25)14(18(29)30)23-15(26)12(7-31)22-16(27)13-3-2-4-24(13)17(28)11(19)5-10-6-20-8-21-10/h6,8-9,11-14,25,31H,2-5,7,19H2,1H3,(H,20,21)(H,22,27)(H,23,26)(H,29,30). The summed E-state index contributed by atoms with van der Waals surface area (Å²) in [6.07, 6.45) is 2.95. The van der Waals surface area contributed by atoms with Crippen molar-refractivity contribution in [2.24, 2.45) is 5.73 Å². The number of aromatic nitrogens is 2. The number of thiol groups is 1. The highest BCUT2D eigenvalue weighted by Crippen LogP contribution is 2.19. The molecule has 1 fully saturated rings. The zero-order chi connectivity index (χ0) is 23.1. The number of carboxylic acids is 1. The quantitative estimate of drug-likeness (QED) is 0.190. The van der Waals surface area contributed by atoms with Gasteiger partial charge in [0.1, 0.15) is 12.1 Å². The summed E-state index contributed by atoms with van der Waals surface area (Å²) in [6.45, 7) is 1.58. The van der Waals surface area contributed by atoms with Gasteiger partial charge >= 0.3 is 5.97 Å². The first-order chi connectivity index (χ1) is 14.6. The number of nitrogens with two attached hydrogens (primary N) is 1. The van der Waals surface area contributed by atoms with Crippen LogP contribution in [0.1, 0.15) is 25.5 Å². The van der Waals surface area contributed by atoms with E-state index in [9.17, 15) is 24.3 Å². The van der Waals surface area contributed by atoms with Crippen LogP contribution in [0.2, 0.25) is 0 Å². The number of aromatic amines is 1. The van der Waals surface area contributed by atoms with Gasteiger partial charge in [-0.25, -0.2) is 9.78 Å². The van der Waals surface area contributed by atoms with Crippen molar-refractivity contribution in [1.82, 2.24) is 25.5 Å². The van der Waals surface area contributed by atoms with Crippen molar-refractivity contribution in [2.75, 3.05) is 12.3 Å². The molecule has 1 aliphatic heterocycles. The van der Waals surface area contributed by atoms with Crippen molar-refractivity contribution in [2.45, 2.75) is 56.5 Å². The average Bonchev–Trinajstić information content (AvgIpc) is 3.40. The minimum absolute atomic E-state index is 0.107. The molecule has 0 saturated carbocycles. The van der Waals surface area contributed by atoms with Crippen LogP contribution < -0.4 is 16.4 Å². The van der Waals surface area contributed by atoms with Crippen LogP contribution in [0.4, 0.5) is 0 Å². The number of aliphatic carboxylic acids is 1. The molecule has 1 aliphatic rings. The fourth-order valence-electron chi connectivity index (χ4n) is 3.34. The number of amides is 3. The number of hydrogen-bond donors (Lipinski definition) is 7. The molecule has 7 N–H and O–H groups in total. The van der Waals surface area contributed by atoms with E-state index in [-0.39, 0.29) is 18.1 Å². The maximum absolute atomic E-state index is 12.8. The van der Waals surface area contributed by atoms with Crippen LogP contribution in [0.3, 0.4) is 0 Å². The lowest BCUT2D eigenvalue weighted by molar-refractivity contribution is -0.145. The molecule has 0 aromatic carbocycles. The van der Waals surface area contributed by atoms with Crippen LogP contribution in [-0.2, 0) is 25.6 Å². The van der Waals surface area contributed by atoms with Crippen LogP contribution in [0.25, 0.3) is 0 Å². The summed E-state index contributed by atoms with van der Waals surface area (Å²) in [6, 6.07) is -4.34. The highest BCUT2D eigenvalue weighted by Gasteiger charge is 2.38. The van der Waals surface area contributed by atoms with E-state index >= 15 is 0 Å². The Morgan fingerprint density at radius 3 is 2.65 bits per heavy atom. The molecule has 5 unspecified atom stereocenters. The number of hydrogen-bond acceptors (Lipinski definition) is 8. The van der Waals surface area contributed by atoms with Crippen molar-refractivity contribution < 1.29 is 29.4 Å². The van der Waals surface area contributed by atoms with E-state index in [1.807, 2.05) is 0 Å². The number of aliphatic hydroxyl groups excluding tert-OH is 1. The first kappa shape index (κ1) is 24.6. The average molecular weight is 457 g/mol. The predicted octanol–water partition coefficient (Wildman–Crippen LogP) is -2.36. The first-order valence-electron chi connectivity index (χ1n) is 9.81. The van der Waals surface area contributed by atoms with E-state index in [1.165, 1.54) is 18.2 Å². The van der Waals surface area contributed by atoms with Crippen molar-refractivity contribution in [3.63, 3.8) is 0 Å². The second kappa shape index (κ2) is 11.1. The van der Waals surface area contributed by atoms with Gasteiger partial charge in [-0.15, -0.1) is 0 Å². The second-order valence-corrected chi connectivity index (χ2v) is 7.75. The van der Waals surface area contributed by atoms with Gasteiger partial charge in [0.05, 0.1) is 18.5 Å². The molecule has 13 heteroatoms. The highest BCUT2D eigenvalue weighted by atomic mass is 32.1. The molecule has 0 spiro atoms. The Bertz CT molecular complexity index is 789. The van der Waals surface area contributed by atoms with E-state index in [2.05, 4.69) is 33.2 Å². The Morgan fingerprint density at radius 1 is 1.39 bits per heavy atom. The number of aliphatic hydroxyl groups is 1. The van der Waals surface area contributed by atoms with Crippen LogP contribution in [0, 0.1) is 0 Å². The van der Waals surface area contributed by atoms with Crippen LogP contribution >= 0.6 is 12.6 Å². The minimum atomic E-state index is -1.53. The number of H-pyrrole nitrogens is 1. The van der Waals surface area contributed by atoms with Gasteiger partial charge in [0, 0.05) is 30.6 Å². The number of nitrogens with one attached hydrogen (secondary N) is 3. The highest BCUT2D eigenvalue weighted by molar-refractivity contribution is 7.80. The topological polar surface area (TPSA) is 191 Å². The molecule has 31 heavy (non-hydrogen) atoms. The van der Waals surface area contributed by atoms with E-state index in [0.29, 0.717) is 25.1 Å². The molecule has 1 aromatic heterocycles. The van der Waals surface area contributed by atoms with E-state index in [1.54, 1.807) is 6.20 Å². The van der Waals surface area contributed by atoms with E-state index < -0.39 is 48.1 Å². The van der Waals surface area contributed by atoms with Crippen LogP contribution in [-0.4, -0.2) is 91.3 Å². The number of likely N-dealkylation sites (tertiary alicyclic amines) is 1. The molecule has 2 rings (SSSR count). The Balaban J connectivity index is 2.00. The summed E-state index contributed by atoms with van der Waals surface area (Å²) in [4.78, 5) is 57.3. The Kier molecular flexibility index (Phi) is 8.83. The SMILES string of the molecule is CC(O)C(NC(=O)C(CS)NC(=O)C1CCCN1C(=O)C(N)Cc1cnc[nH]1)C(=O)O. The maximum atomic E-state index is 12.8. The van der Waals surface area contributed by atoms with Gasteiger partial charge in [0.15, 0.2) is 6.04 Å². The molecule has 0 radical (unpaired) electrons. The van der Waals surface area contributed by atoms with E-state index in [0.717, 1.165) is 0 Å². The molecule has 5 atom stereocenters. The molecular weight excluding hydrogens is 428 g/mol. The third-order valence-corrected chi connectivity index (χ3v) is 5.38. The number of carbonyl (C=O) groups excluding carboxylic acids is 3. The number of rotatable bonds is 10. The first-order valence-corrected chi connectivity index (χ1v) is 10.4. The smallest absolute Gasteiger partial charge is 0.328 e. The van der Waals surface area contributed by atoms with Crippen LogP contribution in [0.5, 0.6) is 0 Å². The summed E-state index contributed by atoms with van der Waals surface area (Å²) >= 11 is 4.05. The van der Waals surface area contributed by atoms with Gasteiger partial charge in [0.2, 0.25) is 17.7 Å². The van der Waals surface area contributed by atoms with Crippen molar-refractivity contribution in [1.29, 1.82) is 0 Å². The zero-order valence-electron chi connectivity index (χ0n) is 17.0. The number of imidazole rings is 1. The van der Waals surface area contributed by atoms with Gasteiger partial charge in [-0.1, -0.05) is 0 Å². The van der Waals surface area contributed by atoms with Crippen LogP contribution in [0.15, 0.2) is 12.5 Å². The predicted molar refractivity (Wildman–Crippen MR) is 112 cm³/mol. The normalized spacial score (nSPS) is 19.9. The van der Waals surface area contributed by atoms with Gasteiger partial charge in [-0.2, -0.15) is 12.6 Å². The number of carboxylic acid groups (broad SMARTS) is 1. The third kappa shape index (κ3) is 6.42. The van der Waals surface area contributed by atoms with Gasteiger partial charge in [0.25, 0.3) is 0 Å². The molecule has 2 heterocycles. The molecule has 12 nitrogen and oxygen atoms in total. The van der Waals surface area contributed by atoms with Crippen molar-refractivity contribution >= 4 is 36.3 Å². The molecule has 1 saturated heterocycles. The second-order valence-electron chi connectivity index (χ2n) is 7.39. The van der Waals surface area contributed by atoms with Gasteiger partial charge < -0.3 is 36.5 Å². The zero-order valence-corrected chi connectivity index (χ0v) is 17.9. The lowest BCUT2D eigenvalue weighted by Crippen LogP contribution is -2.58. The Morgan fingerprint density at radius 2 is 2.10 bits per heavy atom. The fraction of sp³-hybridized carbons (Fsp3) is 0.611. The van der Waals surface area contributed by atoms with Gasteiger partial charge in [-0.3, -0.25) is 14.4 Å². The monoisotopic (exact) mass is 456 g/mol. The Hall–Kier alpha value is -2.64. The summed E-state index contributed by atoms with van der Waals surface area (Å²) in [5.74, 6) is -3.27. The maximum Gasteiger partial charge on any atom is 0.328 e. The molecular formula is C18H28N6O6S. The summed E-state index contributed by atoms with van der Waals surface area (Å²) in [5, 5.41) is 23.3. The minimum Gasteiger partial charge on any atom is -0.480 e. The number of carbonyl (C=O) groups is 4. The molecule has 172 valence electrons. The lowest BCUT2D eigenvalue weighted by Gasteiger charge is -2.28. The van der Waals surface area contributed by atoms with E-state index in [4.69, 9.17) is 10.8 Å². The fourth-order valence-corrected chi connectivity index (χ4v) is 3.60. The summed E-state index contributed by atoms with van der Waals surface area (Å²) in [7, 11) is 0. The van der Waals surface area contributed by atoms with Crippen molar-refractivity contribution in [3.05, 3.63) is 18.2 Å². The molecule has 0 bridgehead atoms. The number of nitrogens with zero attached hydrogens (tertiary/aromatic N) is 2. The third-order valence-electron chi connectivity index (χ3n) is 5.01. The Labute approximate surface area is 184 Å². The molecule has 3 amide bonds. The van der Waals surface area contributed by atoms with Crippen molar-refractivity contribution in [3.8, 4) is 0 Å². The largest absolute Gasteiger partial charge is 0.480 e. The molecule has 0 aliphatic carbocycles. The molecule has 1 aromatic rings. The summed E-state index contributed by atoms with van der Waals surface area (Å²) < 4.78 is 0. The lowest BCUT2D eigenvalue weighted by atomic mass is 10.1. The van der Waals surface area contributed by atoms with Gasteiger partial charge in [-0.05, 0) is 19.8 Å². The summed E-state index contributed by atoms with van der Waals surface area (Å²) in [5.41, 5.74) is 6.70.